The van der Waals surface area contributed by atoms with Gasteiger partial charge in [0, 0.05) is 12.1 Å². The first-order chi connectivity index (χ1) is 7.84. The number of rotatable bonds is 3. The molecular weight excluding hydrogens is 202 g/mol. The molecule has 2 aromatic rings. The van der Waals surface area contributed by atoms with Gasteiger partial charge in [0.1, 0.15) is 0 Å². The number of nitrogens with two attached hydrogens (primary N) is 1. The van der Waals surface area contributed by atoms with Crippen LogP contribution in [0.4, 0.5) is 5.82 Å². The zero-order chi connectivity index (χ0) is 11.0. The molecule has 0 saturated heterocycles. The summed E-state index contributed by atoms with van der Waals surface area (Å²) in [5.74, 6) is 1.12. The summed E-state index contributed by atoms with van der Waals surface area (Å²) in [4.78, 5) is 4.27. The molecule has 1 aliphatic rings. The van der Waals surface area contributed by atoms with Gasteiger partial charge in [-0.25, -0.2) is 4.68 Å². The van der Waals surface area contributed by atoms with E-state index in [1.54, 1.807) is 6.20 Å². The van der Waals surface area contributed by atoms with Crippen molar-refractivity contribution in [2.75, 3.05) is 5.73 Å². The van der Waals surface area contributed by atoms with Crippen LogP contribution in [0.1, 0.15) is 30.1 Å². The molecule has 0 amide bonds. The SMILES string of the molecule is Nc1nnn(Cc2ccccn2)c1C1CC1. The van der Waals surface area contributed by atoms with E-state index in [-0.39, 0.29) is 0 Å². The van der Waals surface area contributed by atoms with Crippen LogP contribution in [0.25, 0.3) is 0 Å². The second kappa shape index (κ2) is 3.59. The summed E-state index contributed by atoms with van der Waals surface area (Å²) >= 11 is 0. The van der Waals surface area contributed by atoms with Gasteiger partial charge in [-0.2, -0.15) is 0 Å². The van der Waals surface area contributed by atoms with Crippen LogP contribution in [-0.2, 0) is 6.54 Å². The summed E-state index contributed by atoms with van der Waals surface area (Å²) in [5.41, 5.74) is 7.88. The number of nitrogen functional groups attached to an aromatic ring is 1. The fourth-order valence-electron chi connectivity index (χ4n) is 1.87. The number of nitrogens with zero attached hydrogens (tertiary/aromatic N) is 4. The zero-order valence-electron chi connectivity index (χ0n) is 8.87. The highest BCUT2D eigenvalue weighted by Gasteiger charge is 2.30. The second-order valence-corrected chi connectivity index (χ2v) is 4.11. The Labute approximate surface area is 93.3 Å². The molecule has 1 fully saturated rings. The van der Waals surface area contributed by atoms with Crippen LogP contribution in [0.3, 0.4) is 0 Å². The first-order valence-electron chi connectivity index (χ1n) is 5.43. The van der Waals surface area contributed by atoms with Crippen LogP contribution in [0.5, 0.6) is 0 Å². The van der Waals surface area contributed by atoms with Gasteiger partial charge < -0.3 is 5.73 Å². The van der Waals surface area contributed by atoms with Gasteiger partial charge in [-0.05, 0) is 25.0 Å². The summed E-state index contributed by atoms with van der Waals surface area (Å²) in [6, 6.07) is 5.86. The molecule has 16 heavy (non-hydrogen) atoms. The third-order valence-corrected chi connectivity index (χ3v) is 2.80. The Kier molecular flexibility index (Phi) is 2.09. The minimum atomic E-state index is 0.554. The van der Waals surface area contributed by atoms with Crippen LogP contribution < -0.4 is 5.73 Å². The van der Waals surface area contributed by atoms with E-state index in [9.17, 15) is 0 Å². The maximum Gasteiger partial charge on any atom is 0.169 e. The molecule has 1 aliphatic carbocycles. The van der Waals surface area contributed by atoms with Crippen LogP contribution in [0, 0.1) is 0 Å². The van der Waals surface area contributed by atoms with E-state index in [0.29, 0.717) is 18.3 Å². The first kappa shape index (κ1) is 9.33. The average molecular weight is 215 g/mol. The zero-order valence-corrected chi connectivity index (χ0v) is 8.87. The van der Waals surface area contributed by atoms with Crippen LogP contribution in [0.15, 0.2) is 24.4 Å². The molecule has 0 aliphatic heterocycles. The summed E-state index contributed by atoms with van der Waals surface area (Å²) in [6.07, 6.45) is 4.17. The molecule has 0 radical (unpaired) electrons. The van der Waals surface area contributed by atoms with Gasteiger partial charge >= 0.3 is 0 Å². The average Bonchev–Trinajstić information content (AvgIpc) is 3.07. The van der Waals surface area contributed by atoms with Crippen molar-refractivity contribution in [1.82, 2.24) is 20.0 Å². The molecule has 5 nitrogen and oxygen atoms in total. The van der Waals surface area contributed by atoms with Crippen molar-refractivity contribution in [2.24, 2.45) is 0 Å². The first-order valence-corrected chi connectivity index (χ1v) is 5.43. The fraction of sp³-hybridized carbons (Fsp3) is 0.364. The number of hydrogen-bond acceptors (Lipinski definition) is 4. The van der Waals surface area contributed by atoms with E-state index < -0.39 is 0 Å². The molecule has 1 saturated carbocycles. The van der Waals surface area contributed by atoms with E-state index in [1.807, 2.05) is 22.9 Å². The molecule has 5 heteroatoms. The predicted molar refractivity (Wildman–Crippen MR) is 59.7 cm³/mol. The molecule has 0 spiro atoms. The Morgan fingerprint density at radius 1 is 1.38 bits per heavy atom. The molecule has 2 N–H and O–H groups in total. The summed E-state index contributed by atoms with van der Waals surface area (Å²) in [5, 5.41) is 8.01. The predicted octanol–water partition coefficient (Wildman–Crippen LogP) is 1.18. The third-order valence-electron chi connectivity index (χ3n) is 2.80. The van der Waals surface area contributed by atoms with E-state index >= 15 is 0 Å². The van der Waals surface area contributed by atoms with Gasteiger partial charge in [-0.1, -0.05) is 11.3 Å². The quantitative estimate of drug-likeness (QED) is 0.834. The van der Waals surface area contributed by atoms with Crippen molar-refractivity contribution in [1.29, 1.82) is 0 Å². The van der Waals surface area contributed by atoms with E-state index in [2.05, 4.69) is 15.3 Å². The normalized spacial score (nSPS) is 15.2. The van der Waals surface area contributed by atoms with E-state index in [1.165, 1.54) is 12.8 Å². The Morgan fingerprint density at radius 3 is 2.94 bits per heavy atom. The van der Waals surface area contributed by atoms with Gasteiger partial charge in [0.2, 0.25) is 0 Å². The maximum atomic E-state index is 5.82. The smallest absolute Gasteiger partial charge is 0.169 e. The topological polar surface area (TPSA) is 69.6 Å². The van der Waals surface area contributed by atoms with Gasteiger partial charge in [0.15, 0.2) is 5.82 Å². The van der Waals surface area contributed by atoms with Crippen LogP contribution in [0.2, 0.25) is 0 Å². The van der Waals surface area contributed by atoms with Crippen LogP contribution >= 0.6 is 0 Å². The van der Waals surface area contributed by atoms with Crippen molar-refractivity contribution in [3.8, 4) is 0 Å². The lowest BCUT2D eigenvalue weighted by atomic mass is 10.3. The van der Waals surface area contributed by atoms with Crippen molar-refractivity contribution in [3.05, 3.63) is 35.8 Å². The molecule has 0 atom stereocenters. The summed E-state index contributed by atoms with van der Waals surface area (Å²) in [6.45, 7) is 0.650. The number of anilines is 1. The Hall–Kier alpha value is -1.91. The molecular formula is C11H13N5. The van der Waals surface area contributed by atoms with Crippen molar-refractivity contribution < 1.29 is 0 Å². The van der Waals surface area contributed by atoms with E-state index in [4.69, 9.17) is 5.73 Å². The van der Waals surface area contributed by atoms with Crippen LogP contribution in [-0.4, -0.2) is 20.0 Å². The Morgan fingerprint density at radius 2 is 2.25 bits per heavy atom. The van der Waals surface area contributed by atoms with Gasteiger partial charge in [-0.3, -0.25) is 4.98 Å². The van der Waals surface area contributed by atoms with Crippen molar-refractivity contribution in [3.63, 3.8) is 0 Å². The standard InChI is InChI=1S/C11H13N5/c12-11-10(8-4-5-8)16(15-14-11)7-9-3-1-2-6-13-9/h1-3,6,8H,4-5,7,12H2. The highest BCUT2D eigenvalue weighted by Crippen LogP contribution is 2.41. The van der Waals surface area contributed by atoms with Crippen molar-refractivity contribution >= 4 is 5.82 Å². The molecule has 0 unspecified atom stereocenters. The lowest BCUT2D eigenvalue weighted by Crippen LogP contribution is -2.07. The monoisotopic (exact) mass is 215 g/mol. The molecule has 0 bridgehead atoms. The minimum Gasteiger partial charge on any atom is -0.381 e. The summed E-state index contributed by atoms with van der Waals surface area (Å²) in [7, 11) is 0. The van der Waals surface area contributed by atoms with E-state index in [0.717, 1.165) is 11.4 Å². The highest BCUT2D eigenvalue weighted by atomic mass is 15.4. The lowest BCUT2D eigenvalue weighted by Gasteiger charge is -2.04. The number of aromatic nitrogens is 4. The molecule has 3 rings (SSSR count). The second-order valence-electron chi connectivity index (χ2n) is 4.11. The summed E-state index contributed by atoms with van der Waals surface area (Å²) < 4.78 is 1.87. The Bertz CT molecular complexity index is 486. The third kappa shape index (κ3) is 1.64. The lowest BCUT2D eigenvalue weighted by molar-refractivity contribution is 0.610. The fourth-order valence-corrected chi connectivity index (χ4v) is 1.87. The molecule has 2 heterocycles. The largest absolute Gasteiger partial charge is 0.381 e. The molecule has 82 valence electrons. The molecule has 0 aromatic carbocycles. The number of hydrogen-bond donors (Lipinski definition) is 1. The Balaban J connectivity index is 1.90. The van der Waals surface area contributed by atoms with Gasteiger partial charge in [0.25, 0.3) is 0 Å². The highest BCUT2D eigenvalue weighted by molar-refractivity contribution is 5.38. The van der Waals surface area contributed by atoms with Gasteiger partial charge in [0.05, 0.1) is 17.9 Å². The maximum absolute atomic E-state index is 5.82. The number of pyridine rings is 1. The minimum absolute atomic E-state index is 0.554. The van der Waals surface area contributed by atoms with Gasteiger partial charge in [-0.15, -0.1) is 5.10 Å². The van der Waals surface area contributed by atoms with Crippen molar-refractivity contribution in [2.45, 2.75) is 25.3 Å². The molecule has 2 aromatic heterocycles.